The van der Waals surface area contributed by atoms with Gasteiger partial charge in [-0.3, -0.25) is 0 Å². The molecule has 5 heteroatoms. The van der Waals surface area contributed by atoms with Crippen molar-refractivity contribution >= 4 is 27.6 Å². The zero-order valence-corrected chi connectivity index (χ0v) is 8.42. The molecule has 4 N–H and O–H groups in total. The van der Waals surface area contributed by atoms with Crippen molar-refractivity contribution < 1.29 is 15.0 Å². The van der Waals surface area contributed by atoms with Crippen LogP contribution in [-0.4, -0.2) is 16.2 Å². The van der Waals surface area contributed by atoms with E-state index in [2.05, 4.69) is 15.9 Å². The van der Waals surface area contributed by atoms with E-state index in [1.807, 2.05) is 0 Å². The number of phenolic OH excluding ortho intramolecular Hbond substituents is 1. The largest absolute Gasteiger partial charge is 0.505 e. The third-order valence-electron chi connectivity index (χ3n) is 1.76. The number of nitrogen functional groups attached to an aromatic ring is 1. The zero-order valence-electron chi connectivity index (χ0n) is 6.84. The van der Waals surface area contributed by atoms with E-state index in [-0.39, 0.29) is 17.0 Å². The normalized spacial score (nSPS) is 10.0. The lowest BCUT2D eigenvalue weighted by molar-refractivity contribution is 0.0697. The first-order chi connectivity index (χ1) is 5.95. The van der Waals surface area contributed by atoms with E-state index in [0.29, 0.717) is 10.0 Å². The van der Waals surface area contributed by atoms with Crippen LogP contribution in [0, 0.1) is 6.92 Å². The quantitative estimate of drug-likeness (QED) is 0.520. The van der Waals surface area contributed by atoms with Gasteiger partial charge in [0.05, 0.1) is 11.3 Å². The van der Waals surface area contributed by atoms with Crippen LogP contribution in [0.3, 0.4) is 0 Å². The maximum absolute atomic E-state index is 10.6. The first kappa shape index (κ1) is 9.85. The lowest BCUT2D eigenvalue weighted by atomic mass is 10.1. The third-order valence-corrected chi connectivity index (χ3v) is 2.58. The van der Waals surface area contributed by atoms with Crippen LogP contribution in [-0.2, 0) is 0 Å². The Balaban J connectivity index is 3.50. The van der Waals surface area contributed by atoms with Gasteiger partial charge in [-0.05, 0) is 13.0 Å². The molecule has 0 saturated carbocycles. The maximum Gasteiger partial charge on any atom is 0.337 e. The molecule has 0 aliphatic rings. The summed E-state index contributed by atoms with van der Waals surface area (Å²) in [6, 6.07) is 1.37. The van der Waals surface area contributed by atoms with E-state index >= 15 is 0 Å². The Bertz CT molecular complexity index is 376. The molecule has 0 atom stereocenters. The zero-order chi connectivity index (χ0) is 10.2. The van der Waals surface area contributed by atoms with Crippen LogP contribution in [0.1, 0.15) is 15.9 Å². The summed E-state index contributed by atoms with van der Waals surface area (Å²) < 4.78 is 0.525. The standard InChI is InChI=1S/C8H8BrNO3/c1-3-5(9)2-4(8(12)13)6(10)7(3)11/h2,11H,10H2,1H3,(H,12,13). The second-order valence-corrected chi connectivity index (χ2v) is 3.45. The first-order valence-corrected chi connectivity index (χ1v) is 4.25. The number of nitrogens with two attached hydrogens (primary N) is 1. The number of carbonyl (C=O) groups is 1. The number of aromatic hydroxyl groups is 1. The van der Waals surface area contributed by atoms with Gasteiger partial charge in [-0.2, -0.15) is 0 Å². The molecule has 0 aliphatic carbocycles. The fourth-order valence-electron chi connectivity index (χ4n) is 0.932. The van der Waals surface area contributed by atoms with Crippen LogP contribution in [0.25, 0.3) is 0 Å². The summed E-state index contributed by atoms with van der Waals surface area (Å²) in [7, 11) is 0. The molecule has 0 bridgehead atoms. The summed E-state index contributed by atoms with van der Waals surface area (Å²) in [5, 5.41) is 18.1. The summed E-state index contributed by atoms with van der Waals surface area (Å²) >= 11 is 3.12. The van der Waals surface area contributed by atoms with Crippen molar-refractivity contribution in [3.05, 3.63) is 21.7 Å². The monoisotopic (exact) mass is 245 g/mol. The van der Waals surface area contributed by atoms with E-state index in [9.17, 15) is 9.90 Å². The maximum atomic E-state index is 10.6. The Hall–Kier alpha value is -1.23. The first-order valence-electron chi connectivity index (χ1n) is 3.46. The van der Waals surface area contributed by atoms with Gasteiger partial charge in [0, 0.05) is 10.0 Å². The minimum atomic E-state index is -1.16. The molecule has 1 aromatic rings. The average Bonchev–Trinajstić information content (AvgIpc) is 2.07. The summed E-state index contributed by atoms with van der Waals surface area (Å²) in [5.74, 6) is -1.35. The van der Waals surface area contributed by atoms with Gasteiger partial charge in [-0.15, -0.1) is 0 Å². The topological polar surface area (TPSA) is 83.5 Å². The van der Waals surface area contributed by atoms with Crippen molar-refractivity contribution in [3.8, 4) is 5.75 Å². The molecule has 0 aliphatic heterocycles. The number of phenols is 1. The number of benzene rings is 1. The average molecular weight is 246 g/mol. The van der Waals surface area contributed by atoms with Gasteiger partial charge in [0.15, 0.2) is 0 Å². The van der Waals surface area contributed by atoms with E-state index < -0.39 is 5.97 Å². The Morgan fingerprint density at radius 1 is 1.62 bits per heavy atom. The molecule has 13 heavy (non-hydrogen) atoms. The molecule has 0 unspecified atom stereocenters. The molecule has 0 spiro atoms. The van der Waals surface area contributed by atoms with E-state index in [1.54, 1.807) is 6.92 Å². The molecule has 0 aromatic heterocycles. The fourth-order valence-corrected chi connectivity index (χ4v) is 1.35. The molecule has 1 rings (SSSR count). The summed E-state index contributed by atoms with van der Waals surface area (Å²) in [6.07, 6.45) is 0. The predicted molar refractivity (Wildman–Crippen MR) is 51.9 cm³/mol. The van der Waals surface area contributed by atoms with Crippen molar-refractivity contribution in [1.82, 2.24) is 0 Å². The number of halogens is 1. The van der Waals surface area contributed by atoms with Gasteiger partial charge < -0.3 is 15.9 Å². The van der Waals surface area contributed by atoms with Crippen molar-refractivity contribution in [3.63, 3.8) is 0 Å². The van der Waals surface area contributed by atoms with Crippen LogP contribution in [0.4, 0.5) is 5.69 Å². The smallest absolute Gasteiger partial charge is 0.337 e. The van der Waals surface area contributed by atoms with Crippen LogP contribution >= 0.6 is 15.9 Å². The number of carboxylic acid groups (broad SMARTS) is 1. The molecule has 0 fully saturated rings. The van der Waals surface area contributed by atoms with Crippen molar-refractivity contribution in [1.29, 1.82) is 0 Å². The molecular formula is C8H8BrNO3. The van der Waals surface area contributed by atoms with E-state index in [1.165, 1.54) is 6.07 Å². The van der Waals surface area contributed by atoms with Gasteiger partial charge in [-0.1, -0.05) is 15.9 Å². The minimum Gasteiger partial charge on any atom is -0.505 e. The van der Waals surface area contributed by atoms with Gasteiger partial charge in [-0.25, -0.2) is 4.79 Å². The summed E-state index contributed by atoms with van der Waals surface area (Å²) in [6.45, 7) is 1.64. The van der Waals surface area contributed by atoms with Crippen LogP contribution in [0.15, 0.2) is 10.5 Å². The SMILES string of the molecule is Cc1c(Br)cc(C(=O)O)c(N)c1O. The highest BCUT2D eigenvalue weighted by Crippen LogP contribution is 2.33. The number of carboxylic acids is 1. The van der Waals surface area contributed by atoms with E-state index in [0.717, 1.165) is 0 Å². The summed E-state index contributed by atoms with van der Waals surface area (Å²) in [4.78, 5) is 10.6. The number of anilines is 1. The Morgan fingerprint density at radius 3 is 2.62 bits per heavy atom. The lowest BCUT2D eigenvalue weighted by Gasteiger charge is -2.08. The van der Waals surface area contributed by atoms with Gasteiger partial charge in [0.1, 0.15) is 5.75 Å². The minimum absolute atomic E-state index is 0.102. The van der Waals surface area contributed by atoms with Crippen molar-refractivity contribution in [2.75, 3.05) is 5.73 Å². The van der Waals surface area contributed by atoms with Gasteiger partial charge >= 0.3 is 5.97 Å². The molecule has 0 radical (unpaired) electrons. The molecule has 0 heterocycles. The molecular weight excluding hydrogens is 238 g/mol. The number of hydrogen-bond acceptors (Lipinski definition) is 3. The van der Waals surface area contributed by atoms with Crippen LogP contribution < -0.4 is 5.73 Å². The van der Waals surface area contributed by atoms with Gasteiger partial charge in [0.25, 0.3) is 0 Å². The van der Waals surface area contributed by atoms with Crippen LogP contribution in [0.5, 0.6) is 5.75 Å². The second kappa shape index (κ2) is 3.26. The van der Waals surface area contributed by atoms with Crippen LogP contribution in [0.2, 0.25) is 0 Å². The molecule has 1 aromatic carbocycles. The molecule has 0 amide bonds. The van der Waals surface area contributed by atoms with Crippen molar-refractivity contribution in [2.24, 2.45) is 0 Å². The third kappa shape index (κ3) is 1.60. The molecule has 70 valence electrons. The molecule has 0 saturated heterocycles. The Morgan fingerprint density at radius 2 is 2.15 bits per heavy atom. The Kier molecular flexibility index (Phi) is 2.47. The van der Waals surface area contributed by atoms with Crippen molar-refractivity contribution in [2.45, 2.75) is 6.92 Å². The van der Waals surface area contributed by atoms with E-state index in [4.69, 9.17) is 10.8 Å². The lowest BCUT2D eigenvalue weighted by Crippen LogP contribution is -2.03. The number of hydrogen-bond donors (Lipinski definition) is 3. The highest BCUT2D eigenvalue weighted by Gasteiger charge is 2.15. The molecule has 4 nitrogen and oxygen atoms in total. The number of aromatic carboxylic acids is 1. The Labute approximate surface area is 83.1 Å². The fraction of sp³-hybridized carbons (Fsp3) is 0.125. The second-order valence-electron chi connectivity index (χ2n) is 2.60. The predicted octanol–water partition coefficient (Wildman–Crippen LogP) is 1.74. The summed E-state index contributed by atoms with van der Waals surface area (Å²) in [5.41, 5.74) is 5.73. The number of rotatable bonds is 1. The highest BCUT2D eigenvalue weighted by molar-refractivity contribution is 9.10. The van der Waals surface area contributed by atoms with Gasteiger partial charge in [0.2, 0.25) is 0 Å². The highest BCUT2D eigenvalue weighted by atomic mass is 79.9.